The molecule has 1 aliphatic heterocycles. The number of morpholine rings is 1. The first kappa shape index (κ1) is 14.8. The minimum absolute atomic E-state index is 0.0581. The number of hydrogen-bond donors (Lipinski definition) is 1. The van der Waals surface area contributed by atoms with Crippen molar-refractivity contribution in [1.82, 2.24) is 10.2 Å². The average molecular weight is 278 g/mol. The van der Waals surface area contributed by atoms with Crippen LogP contribution in [0, 0.1) is 0 Å². The number of rotatable bonds is 5. The molecule has 1 amide bonds. The molecule has 1 fully saturated rings. The van der Waals surface area contributed by atoms with Crippen LogP contribution >= 0.6 is 0 Å². The predicted molar refractivity (Wildman–Crippen MR) is 76.7 cm³/mol. The van der Waals surface area contributed by atoms with Gasteiger partial charge in [0.2, 0.25) is 5.91 Å². The van der Waals surface area contributed by atoms with Gasteiger partial charge in [0.1, 0.15) is 5.75 Å². The molecule has 0 spiro atoms. The average Bonchev–Trinajstić information content (AvgIpc) is 2.53. The van der Waals surface area contributed by atoms with E-state index in [1.807, 2.05) is 31.2 Å². The summed E-state index contributed by atoms with van der Waals surface area (Å²) in [6, 6.07) is 7.59. The van der Waals surface area contributed by atoms with E-state index in [0.717, 1.165) is 24.4 Å². The van der Waals surface area contributed by atoms with Gasteiger partial charge >= 0.3 is 0 Å². The summed E-state index contributed by atoms with van der Waals surface area (Å²) in [6.45, 7) is 5.52. The lowest BCUT2D eigenvalue weighted by Gasteiger charge is -2.31. The van der Waals surface area contributed by atoms with Crippen molar-refractivity contribution in [3.8, 4) is 5.75 Å². The molecule has 0 unspecified atom stereocenters. The van der Waals surface area contributed by atoms with Gasteiger partial charge in [-0.25, -0.2) is 0 Å². The Morgan fingerprint density at radius 1 is 1.35 bits per heavy atom. The summed E-state index contributed by atoms with van der Waals surface area (Å²) in [5, 5.41) is 2.97. The molecule has 110 valence electrons. The molecule has 1 saturated heterocycles. The number of nitrogens with one attached hydrogen (secondary N) is 1. The normalized spacial score (nSPS) is 17.5. The largest absolute Gasteiger partial charge is 0.497 e. The molecule has 5 heteroatoms. The molecule has 1 aromatic rings. The minimum Gasteiger partial charge on any atom is -0.497 e. The molecular weight excluding hydrogens is 256 g/mol. The van der Waals surface area contributed by atoms with Crippen LogP contribution in [0.25, 0.3) is 0 Å². The van der Waals surface area contributed by atoms with E-state index >= 15 is 0 Å². The Kier molecular flexibility index (Phi) is 5.38. The van der Waals surface area contributed by atoms with E-state index in [1.165, 1.54) is 0 Å². The van der Waals surface area contributed by atoms with E-state index in [-0.39, 0.29) is 11.9 Å². The number of hydrogen-bond acceptors (Lipinski definition) is 4. The Labute approximate surface area is 119 Å². The number of nitrogens with zero attached hydrogens (tertiary/aromatic N) is 1. The highest BCUT2D eigenvalue weighted by atomic mass is 16.5. The zero-order chi connectivity index (χ0) is 14.4. The Bertz CT molecular complexity index is 427. The van der Waals surface area contributed by atoms with E-state index < -0.39 is 0 Å². The molecule has 1 heterocycles. The lowest BCUT2D eigenvalue weighted by Crippen LogP contribution is -2.49. The highest BCUT2D eigenvalue weighted by Gasteiger charge is 2.22. The van der Waals surface area contributed by atoms with Crippen molar-refractivity contribution in [2.45, 2.75) is 19.5 Å². The molecule has 0 saturated carbocycles. The van der Waals surface area contributed by atoms with Gasteiger partial charge in [-0.3, -0.25) is 9.69 Å². The summed E-state index contributed by atoms with van der Waals surface area (Å²) in [6.07, 6.45) is 0. The maximum absolute atomic E-state index is 12.1. The number of amides is 1. The molecular formula is C15H22N2O3. The Hall–Kier alpha value is -1.59. The van der Waals surface area contributed by atoms with Crippen LogP contribution in [0.15, 0.2) is 24.3 Å². The molecule has 1 aromatic carbocycles. The van der Waals surface area contributed by atoms with Crippen molar-refractivity contribution in [2.75, 3.05) is 33.4 Å². The standard InChI is InChI=1S/C15H22N2O3/c1-12(17-7-9-20-10-8-17)15(18)16-11-13-3-5-14(19-2)6-4-13/h3-6,12H,7-11H2,1-2H3,(H,16,18)/t12-/m1/s1. The van der Waals surface area contributed by atoms with Crippen molar-refractivity contribution in [3.05, 3.63) is 29.8 Å². The van der Waals surface area contributed by atoms with Gasteiger partial charge in [-0.05, 0) is 24.6 Å². The Morgan fingerprint density at radius 3 is 2.60 bits per heavy atom. The van der Waals surface area contributed by atoms with Crippen LogP contribution in [0.5, 0.6) is 5.75 Å². The molecule has 20 heavy (non-hydrogen) atoms. The number of carbonyl (C=O) groups is 1. The van der Waals surface area contributed by atoms with E-state index in [4.69, 9.17) is 9.47 Å². The topological polar surface area (TPSA) is 50.8 Å². The summed E-state index contributed by atoms with van der Waals surface area (Å²) >= 11 is 0. The number of benzene rings is 1. The SMILES string of the molecule is COc1ccc(CNC(=O)[C@@H](C)N2CCOCC2)cc1. The van der Waals surface area contributed by atoms with Gasteiger partial charge in [0.15, 0.2) is 0 Å². The van der Waals surface area contributed by atoms with Crippen LogP contribution in [0.3, 0.4) is 0 Å². The van der Waals surface area contributed by atoms with Crippen LogP contribution in [0.4, 0.5) is 0 Å². The van der Waals surface area contributed by atoms with Gasteiger partial charge in [0.05, 0.1) is 26.4 Å². The Balaban J connectivity index is 1.81. The fourth-order valence-corrected chi connectivity index (χ4v) is 2.21. The van der Waals surface area contributed by atoms with Crippen molar-refractivity contribution >= 4 is 5.91 Å². The predicted octanol–water partition coefficient (Wildman–Crippen LogP) is 1.03. The lowest BCUT2D eigenvalue weighted by molar-refractivity contribution is -0.127. The maximum Gasteiger partial charge on any atom is 0.237 e. The fourth-order valence-electron chi connectivity index (χ4n) is 2.21. The second kappa shape index (κ2) is 7.26. The monoisotopic (exact) mass is 278 g/mol. The molecule has 1 aliphatic rings. The molecule has 0 radical (unpaired) electrons. The van der Waals surface area contributed by atoms with Gasteiger partial charge in [0.25, 0.3) is 0 Å². The molecule has 2 rings (SSSR count). The first-order valence-electron chi connectivity index (χ1n) is 6.93. The second-order valence-corrected chi connectivity index (χ2v) is 4.89. The third-order valence-electron chi connectivity index (χ3n) is 3.60. The number of methoxy groups -OCH3 is 1. The molecule has 5 nitrogen and oxygen atoms in total. The quantitative estimate of drug-likeness (QED) is 0.874. The number of ether oxygens (including phenoxy) is 2. The fraction of sp³-hybridized carbons (Fsp3) is 0.533. The van der Waals surface area contributed by atoms with Crippen molar-refractivity contribution in [3.63, 3.8) is 0 Å². The highest BCUT2D eigenvalue weighted by Crippen LogP contribution is 2.11. The van der Waals surface area contributed by atoms with Crippen molar-refractivity contribution < 1.29 is 14.3 Å². The third kappa shape index (κ3) is 3.95. The van der Waals surface area contributed by atoms with E-state index in [0.29, 0.717) is 19.8 Å². The molecule has 0 bridgehead atoms. The van der Waals surface area contributed by atoms with Gasteiger partial charge in [-0.15, -0.1) is 0 Å². The molecule has 1 N–H and O–H groups in total. The summed E-state index contributed by atoms with van der Waals surface area (Å²) < 4.78 is 10.4. The minimum atomic E-state index is -0.114. The summed E-state index contributed by atoms with van der Waals surface area (Å²) in [7, 11) is 1.64. The third-order valence-corrected chi connectivity index (χ3v) is 3.60. The Morgan fingerprint density at radius 2 is 2.00 bits per heavy atom. The van der Waals surface area contributed by atoms with Crippen LogP contribution in [-0.4, -0.2) is 50.3 Å². The number of carbonyl (C=O) groups excluding carboxylic acids is 1. The van der Waals surface area contributed by atoms with E-state index in [1.54, 1.807) is 7.11 Å². The van der Waals surface area contributed by atoms with Crippen LogP contribution < -0.4 is 10.1 Å². The van der Waals surface area contributed by atoms with Crippen molar-refractivity contribution in [1.29, 1.82) is 0 Å². The summed E-state index contributed by atoms with van der Waals surface area (Å²) in [5.74, 6) is 0.879. The van der Waals surface area contributed by atoms with Gasteiger partial charge in [-0.1, -0.05) is 12.1 Å². The van der Waals surface area contributed by atoms with E-state index in [2.05, 4.69) is 10.2 Å². The van der Waals surface area contributed by atoms with Crippen LogP contribution in [-0.2, 0) is 16.1 Å². The summed E-state index contributed by atoms with van der Waals surface area (Å²) in [5.41, 5.74) is 1.06. The summed E-state index contributed by atoms with van der Waals surface area (Å²) in [4.78, 5) is 14.3. The molecule has 1 atom stereocenters. The molecule has 0 aromatic heterocycles. The van der Waals surface area contributed by atoms with Crippen LogP contribution in [0.1, 0.15) is 12.5 Å². The maximum atomic E-state index is 12.1. The first-order chi connectivity index (χ1) is 9.70. The first-order valence-corrected chi connectivity index (χ1v) is 6.93. The lowest BCUT2D eigenvalue weighted by atomic mass is 10.2. The van der Waals surface area contributed by atoms with E-state index in [9.17, 15) is 4.79 Å². The van der Waals surface area contributed by atoms with Gasteiger partial charge in [0, 0.05) is 19.6 Å². The van der Waals surface area contributed by atoms with Crippen LogP contribution in [0.2, 0.25) is 0 Å². The molecule has 0 aliphatic carbocycles. The van der Waals surface area contributed by atoms with Crippen molar-refractivity contribution in [2.24, 2.45) is 0 Å². The zero-order valence-electron chi connectivity index (χ0n) is 12.1. The smallest absolute Gasteiger partial charge is 0.237 e. The van der Waals surface area contributed by atoms with Gasteiger partial charge < -0.3 is 14.8 Å². The zero-order valence-corrected chi connectivity index (χ0v) is 12.1. The second-order valence-electron chi connectivity index (χ2n) is 4.89. The van der Waals surface area contributed by atoms with Gasteiger partial charge in [-0.2, -0.15) is 0 Å². The highest BCUT2D eigenvalue weighted by molar-refractivity contribution is 5.81.